The molecule has 0 bridgehead atoms. The van der Waals surface area contributed by atoms with Crippen molar-refractivity contribution in [2.24, 2.45) is 5.92 Å². The summed E-state index contributed by atoms with van der Waals surface area (Å²) in [4.78, 5) is 20.8. The fraction of sp³-hybridized carbons (Fsp3) is 0.240. The minimum absolute atomic E-state index is 0.0635. The Labute approximate surface area is 185 Å². The highest BCUT2D eigenvalue weighted by molar-refractivity contribution is 5.85. The van der Waals surface area contributed by atoms with Crippen molar-refractivity contribution in [1.82, 2.24) is 14.4 Å². The first-order chi connectivity index (χ1) is 15.6. The second-order valence-electron chi connectivity index (χ2n) is 8.19. The highest BCUT2D eigenvalue weighted by Gasteiger charge is 2.31. The van der Waals surface area contributed by atoms with Crippen LogP contribution in [0.2, 0.25) is 0 Å². The third-order valence-corrected chi connectivity index (χ3v) is 6.11. The molecule has 162 valence electrons. The number of nitrogen functional groups attached to an aromatic ring is 1. The zero-order valence-corrected chi connectivity index (χ0v) is 17.5. The highest BCUT2D eigenvalue weighted by atomic mass is 16.5. The van der Waals surface area contributed by atoms with E-state index < -0.39 is 5.97 Å². The number of aromatic nitrogens is 3. The van der Waals surface area contributed by atoms with Crippen LogP contribution in [0.25, 0.3) is 16.8 Å². The topological polar surface area (TPSA) is 103 Å². The molecule has 32 heavy (non-hydrogen) atoms. The van der Waals surface area contributed by atoms with E-state index in [1.54, 1.807) is 6.20 Å². The Balaban J connectivity index is 1.51. The van der Waals surface area contributed by atoms with Gasteiger partial charge in [-0.3, -0.25) is 9.20 Å². The monoisotopic (exact) mass is 428 g/mol. The average molecular weight is 428 g/mol. The number of ether oxygens (including phenoxy) is 1. The van der Waals surface area contributed by atoms with Crippen molar-refractivity contribution in [3.63, 3.8) is 0 Å². The summed E-state index contributed by atoms with van der Waals surface area (Å²) in [6, 6.07) is 17.3. The summed E-state index contributed by atoms with van der Waals surface area (Å²) >= 11 is 0. The van der Waals surface area contributed by atoms with Gasteiger partial charge in [-0.2, -0.15) is 0 Å². The van der Waals surface area contributed by atoms with E-state index in [1.165, 1.54) is 0 Å². The van der Waals surface area contributed by atoms with E-state index in [2.05, 4.69) is 4.98 Å². The first-order valence-corrected chi connectivity index (χ1v) is 10.8. The summed E-state index contributed by atoms with van der Waals surface area (Å²) in [6.45, 7) is 0. The molecule has 2 heterocycles. The van der Waals surface area contributed by atoms with Gasteiger partial charge >= 0.3 is 5.97 Å². The number of hydrogen-bond donors (Lipinski definition) is 2. The second-order valence-corrected chi connectivity index (χ2v) is 8.19. The van der Waals surface area contributed by atoms with Crippen LogP contribution in [0.5, 0.6) is 11.5 Å². The Kier molecular flexibility index (Phi) is 5.23. The molecule has 2 atom stereocenters. The molecular weight excluding hydrogens is 404 g/mol. The molecule has 0 spiro atoms. The maximum absolute atomic E-state index is 11.6. The second kappa shape index (κ2) is 8.34. The molecule has 3 N–H and O–H groups in total. The highest BCUT2D eigenvalue weighted by Crippen LogP contribution is 2.39. The molecule has 0 amide bonds. The normalized spacial score (nSPS) is 18.5. The number of hydrogen-bond acceptors (Lipinski definition) is 5. The fourth-order valence-electron chi connectivity index (χ4n) is 4.53. The van der Waals surface area contributed by atoms with Crippen LogP contribution >= 0.6 is 0 Å². The number of nitrogens with two attached hydrogens (primary N) is 1. The van der Waals surface area contributed by atoms with E-state index >= 15 is 0 Å². The number of nitrogens with zero attached hydrogens (tertiary/aromatic N) is 3. The lowest BCUT2D eigenvalue weighted by Gasteiger charge is -2.25. The van der Waals surface area contributed by atoms with Crippen LogP contribution in [0.3, 0.4) is 0 Å². The third kappa shape index (κ3) is 3.77. The minimum Gasteiger partial charge on any atom is -0.481 e. The van der Waals surface area contributed by atoms with E-state index in [0.29, 0.717) is 18.7 Å². The summed E-state index contributed by atoms with van der Waals surface area (Å²) < 4.78 is 7.87. The van der Waals surface area contributed by atoms with Crippen LogP contribution in [0.4, 0.5) is 5.82 Å². The van der Waals surface area contributed by atoms with Crippen molar-refractivity contribution in [1.29, 1.82) is 0 Å². The molecule has 1 saturated carbocycles. The molecule has 5 rings (SSSR count). The first kappa shape index (κ1) is 20.1. The van der Waals surface area contributed by atoms with Gasteiger partial charge in [-0.25, -0.2) is 9.97 Å². The zero-order valence-electron chi connectivity index (χ0n) is 17.5. The van der Waals surface area contributed by atoms with Gasteiger partial charge in [0.25, 0.3) is 0 Å². The number of benzene rings is 2. The number of anilines is 1. The van der Waals surface area contributed by atoms with Crippen LogP contribution in [0.15, 0.2) is 67.0 Å². The van der Waals surface area contributed by atoms with Gasteiger partial charge in [0.2, 0.25) is 0 Å². The molecule has 1 fully saturated rings. The van der Waals surface area contributed by atoms with Gasteiger partial charge in [0.15, 0.2) is 0 Å². The molecule has 2 aromatic carbocycles. The number of carbonyl (C=O) groups is 1. The first-order valence-electron chi connectivity index (χ1n) is 10.8. The largest absolute Gasteiger partial charge is 0.481 e. The van der Waals surface area contributed by atoms with Gasteiger partial charge in [-0.1, -0.05) is 24.6 Å². The van der Waals surface area contributed by atoms with Crippen molar-refractivity contribution in [3.05, 3.63) is 72.8 Å². The maximum atomic E-state index is 11.6. The average Bonchev–Trinajstić information content (AvgIpc) is 3.21. The lowest BCUT2D eigenvalue weighted by molar-refractivity contribution is -0.143. The molecular formula is C25H24N4O3. The van der Waals surface area contributed by atoms with Crippen molar-refractivity contribution >= 4 is 17.3 Å². The van der Waals surface area contributed by atoms with E-state index in [-0.39, 0.29) is 11.8 Å². The smallest absolute Gasteiger partial charge is 0.306 e. The molecule has 7 nitrogen and oxygen atoms in total. The number of para-hydroxylation sites is 1. The molecule has 0 saturated heterocycles. The van der Waals surface area contributed by atoms with Crippen LogP contribution in [-0.2, 0) is 4.79 Å². The van der Waals surface area contributed by atoms with Gasteiger partial charge in [0.05, 0.1) is 5.92 Å². The summed E-state index contributed by atoms with van der Waals surface area (Å²) in [6.07, 6.45) is 6.60. The van der Waals surface area contributed by atoms with Crippen LogP contribution in [0, 0.1) is 5.92 Å². The van der Waals surface area contributed by atoms with E-state index in [9.17, 15) is 9.90 Å². The Morgan fingerprint density at radius 1 is 1.06 bits per heavy atom. The summed E-state index contributed by atoms with van der Waals surface area (Å²) in [7, 11) is 0. The molecule has 7 heteroatoms. The Hall–Kier alpha value is -3.87. The maximum Gasteiger partial charge on any atom is 0.306 e. The third-order valence-electron chi connectivity index (χ3n) is 6.11. The number of imidazole rings is 1. The summed E-state index contributed by atoms with van der Waals surface area (Å²) in [5.74, 6) is 1.74. The lowest BCUT2D eigenvalue weighted by Crippen LogP contribution is -2.22. The number of fused-ring (bicyclic) bond motifs is 1. The predicted octanol–water partition coefficient (Wildman–Crippen LogP) is 5.13. The standard InChI is InChI=1S/C25H24N4O3/c26-23-22-21(16-9-11-20(12-10-16)32-19-7-2-1-3-8-19)28-24(29(22)14-13-27-23)17-5-4-6-18(15-17)25(30)31/h1-3,7-14,17-18H,4-6,15H2,(H2,26,27)(H,30,31)/t17?,18-/m0/s1. The Morgan fingerprint density at radius 2 is 1.81 bits per heavy atom. The minimum atomic E-state index is -0.731. The zero-order chi connectivity index (χ0) is 22.1. The molecule has 1 aliphatic rings. The Morgan fingerprint density at radius 3 is 2.56 bits per heavy atom. The van der Waals surface area contributed by atoms with Crippen LogP contribution in [0.1, 0.15) is 37.4 Å². The number of carboxylic acids is 1. The van der Waals surface area contributed by atoms with Gasteiger partial charge < -0.3 is 15.6 Å². The molecule has 1 aliphatic carbocycles. The van der Waals surface area contributed by atoms with E-state index in [0.717, 1.165) is 46.9 Å². The van der Waals surface area contributed by atoms with Crippen LogP contribution in [-0.4, -0.2) is 25.4 Å². The number of carboxylic acid groups (broad SMARTS) is 1. The van der Waals surface area contributed by atoms with Crippen molar-refractivity contribution < 1.29 is 14.6 Å². The molecule has 1 unspecified atom stereocenters. The summed E-state index contributed by atoms with van der Waals surface area (Å²) in [5.41, 5.74) is 8.65. The van der Waals surface area contributed by atoms with E-state index in [4.69, 9.17) is 15.5 Å². The predicted molar refractivity (Wildman–Crippen MR) is 122 cm³/mol. The molecule has 2 aromatic heterocycles. The van der Waals surface area contributed by atoms with Crippen molar-refractivity contribution in [2.75, 3.05) is 5.73 Å². The SMILES string of the molecule is Nc1nccn2c(C3CCC[C@H](C(=O)O)C3)nc(-c3ccc(Oc4ccccc4)cc3)c12. The Bertz CT molecular complexity index is 1250. The molecule has 4 aromatic rings. The van der Waals surface area contributed by atoms with Crippen molar-refractivity contribution in [2.45, 2.75) is 31.6 Å². The quantitative estimate of drug-likeness (QED) is 0.457. The number of rotatable bonds is 5. The lowest BCUT2D eigenvalue weighted by atomic mass is 9.81. The van der Waals surface area contributed by atoms with E-state index in [1.807, 2.05) is 65.2 Å². The van der Waals surface area contributed by atoms with Crippen LogP contribution < -0.4 is 10.5 Å². The fourth-order valence-corrected chi connectivity index (χ4v) is 4.53. The molecule has 0 radical (unpaired) electrons. The van der Waals surface area contributed by atoms with Gasteiger partial charge in [0, 0.05) is 23.9 Å². The van der Waals surface area contributed by atoms with Gasteiger partial charge in [-0.05, 0) is 55.7 Å². The van der Waals surface area contributed by atoms with Crippen molar-refractivity contribution in [3.8, 4) is 22.8 Å². The summed E-state index contributed by atoms with van der Waals surface area (Å²) in [5, 5.41) is 9.51. The molecule has 0 aliphatic heterocycles. The van der Waals surface area contributed by atoms with Gasteiger partial charge in [-0.15, -0.1) is 0 Å². The number of aliphatic carboxylic acids is 1. The van der Waals surface area contributed by atoms with Gasteiger partial charge in [0.1, 0.15) is 34.4 Å².